The third-order valence-electron chi connectivity index (χ3n) is 3.27. The van der Waals surface area contributed by atoms with Gasteiger partial charge >= 0.3 is 0 Å². The van der Waals surface area contributed by atoms with Crippen molar-refractivity contribution in [3.8, 4) is 5.75 Å². The molecule has 0 fully saturated rings. The van der Waals surface area contributed by atoms with Crippen LogP contribution in [0.2, 0.25) is 0 Å². The third-order valence-corrected chi connectivity index (χ3v) is 3.76. The molecule has 0 aromatic heterocycles. The molecule has 114 valence electrons. The van der Waals surface area contributed by atoms with Crippen molar-refractivity contribution in [1.29, 1.82) is 0 Å². The van der Waals surface area contributed by atoms with Gasteiger partial charge in [0.15, 0.2) is 0 Å². The van der Waals surface area contributed by atoms with Crippen molar-refractivity contribution >= 4 is 15.9 Å². The lowest BCUT2D eigenvalue weighted by molar-refractivity contribution is 0.128. The van der Waals surface area contributed by atoms with Crippen molar-refractivity contribution < 1.29 is 9.84 Å². The molecule has 20 heavy (non-hydrogen) atoms. The first kappa shape index (κ1) is 17.5. The van der Waals surface area contributed by atoms with Crippen LogP contribution in [0, 0.1) is 0 Å². The number of hydrogen-bond acceptors (Lipinski definition) is 3. The van der Waals surface area contributed by atoms with E-state index in [0.717, 1.165) is 49.1 Å². The van der Waals surface area contributed by atoms with Crippen LogP contribution in [0.1, 0.15) is 51.1 Å². The van der Waals surface area contributed by atoms with Crippen molar-refractivity contribution in [2.75, 3.05) is 19.8 Å². The molecule has 3 nitrogen and oxygen atoms in total. The lowest BCUT2D eigenvalue weighted by atomic mass is 10.0. The van der Waals surface area contributed by atoms with E-state index in [1.807, 2.05) is 12.1 Å². The molecule has 0 saturated heterocycles. The van der Waals surface area contributed by atoms with Crippen molar-refractivity contribution in [1.82, 2.24) is 5.32 Å². The van der Waals surface area contributed by atoms with Gasteiger partial charge in [0.1, 0.15) is 5.75 Å². The lowest BCUT2D eigenvalue weighted by Crippen LogP contribution is -2.23. The fraction of sp³-hybridized carbons (Fsp3) is 0.625. The van der Waals surface area contributed by atoms with E-state index < -0.39 is 0 Å². The summed E-state index contributed by atoms with van der Waals surface area (Å²) < 4.78 is 6.54. The summed E-state index contributed by atoms with van der Waals surface area (Å²) in [5, 5.41) is 13.4. The van der Waals surface area contributed by atoms with E-state index >= 15 is 0 Å². The van der Waals surface area contributed by atoms with Gasteiger partial charge in [0, 0.05) is 29.3 Å². The monoisotopic (exact) mass is 343 g/mol. The van der Waals surface area contributed by atoms with Crippen LogP contribution in [0.25, 0.3) is 0 Å². The standard InChI is InChI=1S/C16H26BrNO2/c1-3-5-10-20-11-6-9-18-15(4-2)14-12-13(17)7-8-16(14)19/h7-8,12,15,18-19H,3-6,9-11H2,1-2H3. The second kappa shape index (κ2) is 10.2. The van der Waals surface area contributed by atoms with Gasteiger partial charge in [0.2, 0.25) is 0 Å². The summed E-state index contributed by atoms with van der Waals surface area (Å²) in [5.74, 6) is 0.353. The highest BCUT2D eigenvalue weighted by atomic mass is 79.9. The predicted molar refractivity (Wildman–Crippen MR) is 87.2 cm³/mol. The maximum absolute atomic E-state index is 9.95. The molecule has 1 aromatic carbocycles. The SMILES string of the molecule is CCCCOCCCNC(CC)c1cc(Br)ccc1O. The average Bonchev–Trinajstić information content (AvgIpc) is 2.45. The Morgan fingerprint density at radius 1 is 1.25 bits per heavy atom. The molecule has 0 saturated carbocycles. The van der Waals surface area contributed by atoms with Gasteiger partial charge in [-0.2, -0.15) is 0 Å². The molecule has 1 aromatic rings. The Bertz CT molecular complexity index is 385. The molecular weight excluding hydrogens is 318 g/mol. The van der Waals surface area contributed by atoms with E-state index in [2.05, 4.69) is 35.1 Å². The van der Waals surface area contributed by atoms with Gasteiger partial charge < -0.3 is 15.2 Å². The number of ether oxygens (including phenoxy) is 1. The molecule has 1 rings (SSSR count). The Morgan fingerprint density at radius 2 is 2.00 bits per heavy atom. The van der Waals surface area contributed by atoms with E-state index in [-0.39, 0.29) is 6.04 Å². The molecule has 2 N–H and O–H groups in total. The second-order valence-corrected chi connectivity index (χ2v) is 5.85. The fourth-order valence-corrected chi connectivity index (χ4v) is 2.46. The maximum Gasteiger partial charge on any atom is 0.120 e. The van der Waals surface area contributed by atoms with Crippen LogP contribution in [0.15, 0.2) is 22.7 Å². The van der Waals surface area contributed by atoms with Crippen LogP contribution < -0.4 is 5.32 Å². The summed E-state index contributed by atoms with van der Waals surface area (Å²) >= 11 is 3.45. The van der Waals surface area contributed by atoms with Crippen molar-refractivity contribution in [2.24, 2.45) is 0 Å². The number of phenols is 1. The number of nitrogens with one attached hydrogen (secondary N) is 1. The summed E-state index contributed by atoms with van der Waals surface area (Å²) in [7, 11) is 0. The number of rotatable bonds is 10. The predicted octanol–water partition coefficient (Wildman–Crippen LogP) is 4.40. The molecule has 0 radical (unpaired) electrons. The summed E-state index contributed by atoms with van der Waals surface area (Å²) in [6.07, 6.45) is 4.25. The molecular formula is C16H26BrNO2. The zero-order valence-electron chi connectivity index (χ0n) is 12.5. The van der Waals surface area contributed by atoms with Crippen LogP contribution in [-0.4, -0.2) is 24.9 Å². The van der Waals surface area contributed by atoms with Crippen molar-refractivity contribution in [3.63, 3.8) is 0 Å². The Morgan fingerprint density at radius 3 is 2.70 bits per heavy atom. The van der Waals surface area contributed by atoms with Crippen LogP contribution in [0.3, 0.4) is 0 Å². The van der Waals surface area contributed by atoms with Crippen molar-refractivity contribution in [3.05, 3.63) is 28.2 Å². The molecule has 1 unspecified atom stereocenters. The summed E-state index contributed by atoms with van der Waals surface area (Å²) in [4.78, 5) is 0. The van der Waals surface area contributed by atoms with E-state index in [0.29, 0.717) is 5.75 Å². The highest BCUT2D eigenvalue weighted by Gasteiger charge is 2.13. The number of unbranched alkanes of at least 4 members (excludes halogenated alkanes) is 1. The Labute approximate surface area is 130 Å². The highest BCUT2D eigenvalue weighted by Crippen LogP contribution is 2.29. The topological polar surface area (TPSA) is 41.5 Å². The minimum absolute atomic E-state index is 0.183. The van der Waals surface area contributed by atoms with Gasteiger partial charge in [-0.3, -0.25) is 0 Å². The first-order chi connectivity index (χ1) is 9.69. The normalized spacial score (nSPS) is 12.6. The minimum atomic E-state index is 0.183. The molecule has 0 aliphatic carbocycles. The number of phenolic OH excluding ortho intramolecular Hbond substituents is 1. The van der Waals surface area contributed by atoms with Gasteiger partial charge in [-0.15, -0.1) is 0 Å². The molecule has 0 bridgehead atoms. The number of halogens is 1. The van der Waals surface area contributed by atoms with E-state index in [1.54, 1.807) is 6.07 Å². The Hall–Kier alpha value is -0.580. The number of benzene rings is 1. The van der Waals surface area contributed by atoms with E-state index in [4.69, 9.17) is 4.74 Å². The Balaban J connectivity index is 2.34. The largest absolute Gasteiger partial charge is 0.508 e. The van der Waals surface area contributed by atoms with Crippen LogP contribution in [0.4, 0.5) is 0 Å². The zero-order chi connectivity index (χ0) is 14.8. The summed E-state index contributed by atoms with van der Waals surface area (Å²) in [6, 6.07) is 5.75. The van der Waals surface area contributed by atoms with E-state index in [1.165, 1.54) is 6.42 Å². The Kier molecular flexibility index (Phi) is 8.90. The molecule has 0 aliphatic heterocycles. The molecule has 1 atom stereocenters. The highest BCUT2D eigenvalue weighted by molar-refractivity contribution is 9.10. The lowest BCUT2D eigenvalue weighted by Gasteiger charge is -2.19. The molecule has 0 spiro atoms. The quantitative estimate of drug-likeness (QED) is 0.618. The fourth-order valence-electron chi connectivity index (χ4n) is 2.08. The first-order valence-corrected chi connectivity index (χ1v) is 8.27. The van der Waals surface area contributed by atoms with Crippen LogP contribution in [0.5, 0.6) is 5.75 Å². The maximum atomic E-state index is 9.95. The van der Waals surface area contributed by atoms with Crippen LogP contribution >= 0.6 is 15.9 Å². The first-order valence-electron chi connectivity index (χ1n) is 7.48. The third kappa shape index (κ3) is 6.25. The van der Waals surface area contributed by atoms with Gasteiger partial charge in [0.25, 0.3) is 0 Å². The minimum Gasteiger partial charge on any atom is -0.508 e. The van der Waals surface area contributed by atoms with Crippen LogP contribution in [-0.2, 0) is 4.74 Å². The summed E-state index contributed by atoms with van der Waals surface area (Å²) in [5.41, 5.74) is 0.953. The molecule has 0 aliphatic rings. The van der Waals surface area contributed by atoms with Crippen molar-refractivity contribution in [2.45, 2.75) is 45.6 Å². The smallest absolute Gasteiger partial charge is 0.120 e. The average molecular weight is 344 g/mol. The van der Waals surface area contributed by atoms with Gasteiger partial charge in [-0.1, -0.05) is 36.2 Å². The number of aromatic hydroxyl groups is 1. The molecule has 0 heterocycles. The second-order valence-electron chi connectivity index (χ2n) is 4.94. The van der Waals surface area contributed by atoms with Gasteiger partial charge in [0.05, 0.1) is 0 Å². The number of hydrogen-bond donors (Lipinski definition) is 2. The molecule has 4 heteroatoms. The van der Waals surface area contributed by atoms with E-state index in [9.17, 15) is 5.11 Å². The van der Waals surface area contributed by atoms with Gasteiger partial charge in [-0.25, -0.2) is 0 Å². The summed E-state index contributed by atoms with van der Waals surface area (Å²) in [6.45, 7) is 6.85. The molecule has 0 amide bonds. The van der Waals surface area contributed by atoms with Gasteiger partial charge in [-0.05, 0) is 44.0 Å². The zero-order valence-corrected chi connectivity index (χ0v) is 14.1.